The molecular weight excluding hydrogens is 276 g/mol. The van der Waals surface area contributed by atoms with Gasteiger partial charge in [-0.25, -0.2) is 8.42 Å². The second kappa shape index (κ2) is 6.07. The van der Waals surface area contributed by atoms with E-state index >= 15 is 0 Å². The summed E-state index contributed by atoms with van der Waals surface area (Å²) in [5.74, 6) is 0.464. The molecule has 0 unspecified atom stereocenters. The highest BCUT2D eigenvalue weighted by molar-refractivity contribution is 7.91. The SMILES string of the molecule is CC(C)OOc1ccc(S(=O)(=O)c2ccccc2)cc1. The Hall–Kier alpha value is -1.85. The normalized spacial score (nSPS) is 11.6. The summed E-state index contributed by atoms with van der Waals surface area (Å²) in [6, 6.07) is 14.4. The van der Waals surface area contributed by atoms with Crippen LogP contribution in [-0.4, -0.2) is 14.5 Å². The van der Waals surface area contributed by atoms with Crippen LogP contribution in [0.25, 0.3) is 0 Å². The Morgan fingerprint density at radius 2 is 1.40 bits per heavy atom. The van der Waals surface area contributed by atoms with Gasteiger partial charge in [-0.05, 0) is 50.2 Å². The minimum absolute atomic E-state index is 0.0669. The van der Waals surface area contributed by atoms with Crippen molar-refractivity contribution < 1.29 is 18.2 Å². The van der Waals surface area contributed by atoms with Crippen LogP contribution in [0.1, 0.15) is 13.8 Å². The van der Waals surface area contributed by atoms with Gasteiger partial charge in [-0.2, -0.15) is 4.89 Å². The van der Waals surface area contributed by atoms with E-state index in [1.807, 2.05) is 13.8 Å². The highest BCUT2D eigenvalue weighted by atomic mass is 32.2. The van der Waals surface area contributed by atoms with Crippen LogP contribution >= 0.6 is 0 Å². The second-order valence-electron chi connectivity index (χ2n) is 4.52. The van der Waals surface area contributed by atoms with Gasteiger partial charge in [0.15, 0.2) is 5.75 Å². The topological polar surface area (TPSA) is 52.6 Å². The lowest BCUT2D eigenvalue weighted by molar-refractivity contribution is -0.234. The molecule has 0 N–H and O–H groups in total. The molecule has 2 aromatic carbocycles. The summed E-state index contributed by atoms with van der Waals surface area (Å²) in [5, 5.41) is 0. The lowest BCUT2D eigenvalue weighted by Gasteiger charge is -2.08. The van der Waals surface area contributed by atoms with Crippen molar-refractivity contribution in [1.82, 2.24) is 0 Å². The summed E-state index contributed by atoms with van der Waals surface area (Å²) < 4.78 is 24.7. The molecule has 5 heteroatoms. The average Bonchev–Trinajstić information content (AvgIpc) is 2.46. The fraction of sp³-hybridized carbons (Fsp3) is 0.200. The quantitative estimate of drug-likeness (QED) is 0.627. The molecule has 0 fully saturated rings. The van der Waals surface area contributed by atoms with Gasteiger partial charge in [-0.3, -0.25) is 0 Å². The molecule has 4 nitrogen and oxygen atoms in total. The number of rotatable bonds is 5. The molecule has 0 bridgehead atoms. The molecule has 2 rings (SSSR count). The first-order chi connectivity index (χ1) is 9.50. The van der Waals surface area contributed by atoms with Crippen LogP contribution in [0.15, 0.2) is 64.4 Å². The van der Waals surface area contributed by atoms with Crippen molar-refractivity contribution in [3.63, 3.8) is 0 Å². The van der Waals surface area contributed by atoms with Crippen LogP contribution in [0.3, 0.4) is 0 Å². The van der Waals surface area contributed by atoms with Gasteiger partial charge in [0.2, 0.25) is 9.84 Å². The van der Waals surface area contributed by atoms with Crippen LogP contribution in [0.2, 0.25) is 0 Å². The zero-order valence-electron chi connectivity index (χ0n) is 11.3. The maximum atomic E-state index is 12.3. The molecule has 0 aliphatic carbocycles. The van der Waals surface area contributed by atoms with Gasteiger partial charge in [0.25, 0.3) is 0 Å². The largest absolute Gasteiger partial charge is 0.337 e. The summed E-state index contributed by atoms with van der Waals surface area (Å²) in [7, 11) is -3.48. The smallest absolute Gasteiger partial charge is 0.206 e. The predicted molar refractivity (Wildman–Crippen MR) is 75.2 cm³/mol. The molecule has 0 atom stereocenters. The lowest BCUT2D eigenvalue weighted by atomic mass is 10.3. The van der Waals surface area contributed by atoms with Crippen molar-refractivity contribution in [2.24, 2.45) is 0 Å². The van der Waals surface area contributed by atoms with Gasteiger partial charge in [0, 0.05) is 0 Å². The molecule has 0 saturated heterocycles. The minimum Gasteiger partial charge on any atom is -0.337 e. The summed E-state index contributed by atoms with van der Waals surface area (Å²) in [6.45, 7) is 3.68. The Balaban J connectivity index is 2.22. The highest BCUT2D eigenvalue weighted by Gasteiger charge is 2.17. The number of sulfone groups is 1. The van der Waals surface area contributed by atoms with Crippen molar-refractivity contribution in [1.29, 1.82) is 0 Å². The van der Waals surface area contributed by atoms with Crippen molar-refractivity contribution in [3.8, 4) is 5.75 Å². The molecule has 106 valence electrons. The molecule has 0 aliphatic rings. The molecular formula is C15H16O4S. The first-order valence-corrected chi connectivity index (χ1v) is 7.72. The summed E-state index contributed by atoms with van der Waals surface area (Å²) in [5.41, 5.74) is 0. The summed E-state index contributed by atoms with van der Waals surface area (Å²) in [4.78, 5) is 10.5. The van der Waals surface area contributed by atoms with E-state index in [0.717, 1.165) is 0 Å². The predicted octanol–water partition coefficient (Wildman–Crippen LogP) is 3.24. The van der Waals surface area contributed by atoms with Crippen LogP contribution < -0.4 is 4.89 Å². The Morgan fingerprint density at radius 3 is 1.95 bits per heavy atom. The van der Waals surface area contributed by atoms with E-state index < -0.39 is 9.84 Å². The van der Waals surface area contributed by atoms with Gasteiger partial charge >= 0.3 is 0 Å². The molecule has 0 aromatic heterocycles. The van der Waals surface area contributed by atoms with Crippen molar-refractivity contribution in [2.45, 2.75) is 29.7 Å². The first-order valence-electron chi connectivity index (χ1n) is 6.23. The van der Waals surface area contributed by atoms with Crippen molar-refractivity contribution >= 4 is 9.84 Å². The zero-order valence-corrected chi connectivity index (χ0v) is 12.1. The van der Waals surface area contributed by atoms with Crippen molar-refractivity contribution in [2.75, 3.05) is 0 Å². The van der Waals surface area contributed by atoms with E-state index in [0.29, 0.717) is 5.75 Å². The van der Waals surface area contributed by atoms with E-state index in [1.54, 1.807) is 42.5 Å². The number of hydrogen-bond donors (Lipinski definition) is 0. The van der Waals surface area contributed by atoms with Gasteiger partial charge in [-0.15, -0.1) is 0 Å². The van der Waals surface area contributed by atoms with E-state index in [4.69, 9.17) is 9.78 Å². The molecule has 0 radical (unpaired) electrons. The van der Waals surface area contributed by atoms with E-state index in [2.05, 4.69) is 0 Å². The highest BCUT2D eigenvalue weighted by Crippen LogP contribution is 2.23. The number of hydrogen-bond acceptors (Lipinski definition) is 4. The maximum Gasteiger partial charge on any atom is 0.206 e. The monoisotopic (exact) mass is 292 g/mol. The maximum absolute atomic E-state index is 12.3. The first kappa shape index (κ1) is 14.6. The van der Waals surface area contributed by atoms with Crippen LogP contribution in [0, 0.1) is 0 Å². The molecule has 0 aliphatic heterocycles. The van der Waals surface area contributed by atoms with Gasteiger partial charge in [0.1, 0.15) is 0 Å². The molecule has 0 spiro atoms. The Morgan fingerprint density at radius 1 is 0.850 bits per heavy atom. The molecule has 0 amide bonds. The van der Waals surface area contributed by atoms with Gasteiger partial charge in [0.05, 0.1) is 15.9 Å². The number of benzene rings is 2. The standard InChI is InChI=1S/C15H16O4S/c1-12(2)18-19-13-8-10-15(11-9-13)20(16,17)14-6-4-3-5-7-14/h3-12H,1-2H3. The average molecular weight is 292 g/mol. The van der Waals surface area contributed by atoms with Gasteiger partial charge in [-0.1, -0.05) is 18.2 Å². The summed E-state index contributed by atoms with van der Waals surface area (Å²) in [6.07, 6.45) is -0.0669. The van der Waals surface area contributed by atoms with Crippen LogP contribution in [0.5, 0.6) is 5.75 Å². The fourth-order valence-electron chi connectivity index (χ4n) is 1.56. The van der Waals surface area contributed by atoms with E-state index in [1.165, 1.54) is 12.1 Å². The molecule has 0 saturated carbocycles. The van der Waals surface area contributed by atoms with Crippen LogP contribution in [-0.2, 0) is 14.7 Å². The van der Waals surface area contributed by atoms with E-state index in [-0.39, 0.29) is 15.9 Å². The zero-order chi connectivity index (χ0) is 14.6. The van der Waals surface area contributed by atoms with E-state index in [9.17, 15) is 8.42 Å². The third-order valence-corrected chi connectivity index (χ3v) is 4.31. The third-order valence-electron chi connectivity index (χ3n) is 2.52. The second-order valence-corrected chi connectivity index (χ2v) is 6.47. The fourth-order valence-corrected chi connectivity index (χ4v) is 2.84. The Kier molecular flexibility index (Phi) is 4.42. The molecule has 20 heavy (non-hydrogen) atoms. The molecule has 0 heterocycles. The Labute approximate surface area is 118 Å². The van der Waals surface area contributed by atoms with Crippen LogP contribution in [0.4, 0.5) is 0 Å². The summed E-state index contributed by atoms with van der Waals surface area (Å²) >= 11 is 0. The minimum atomic E-state index is -3.48. The van der Waals surface area contributed by atoms with Gasteiger partial charge < -0.3 is 4.89 Å². The van der Waals surface area contributed by atoms with Crippen molar-refractivity contribution in [3.05, 3.63) is 54.6 Å². The third kappa shape index (κ3) is 3.37. The Bertz CT molecular complexity index is 646. The lowest BCUT2D eigenvalue weighted by Crippen LogP contribution is -2.06. The molecule has 2 aromatic rings.